The van der Waals surface area contributed by atoms with Crippen LogP contribution in [0.2, 0.25) is 0 Å². The molecule has 1 radical (unpaired) electrons. The standard InChI is InChI=1S/C8H11O/c1-8(2)5-3-7(9)4-6-8/h3-5,9H,1,6H2,2H3. The lowest BCUT2D eigenvalue weighted by Crippen LogP contribution is -2.09. The summed E-state index contributed by atoms with van der Waals surface area (Å²) in [5.74, 6) is 0.358. The van der Waals surface area contributed by atoms with Crippen LogP contribution in [0.25, 0.3) is 0 Å². The highest BCUT2D eigenvalue weighted by molar-refractivity contribution is 5.21. The quantitative estimate of drug-likeness (QED) is 0.523. The van der Waals surface area contributed by atoms with Crippen LogP contribution in [0.1, 0.15) is 13.3 Å². The smallest absolute Gasteiger partial charge is 0.111 e. The lowest BCUT2D eigenvalue weighted by Gasteiger charge is -2.20. The van der Waals surface area contributed by atoms with Crippen molar-refractivity contribution < 1.29 is 5.11 Å². The summed E-state index contributed by atoms with van der Waals surface area (Å²) in [6.07, 6.45) is 6.22. The Kier molecular flexibility index (Phi) is 1.35. The number of aliphatic hydroxyl groups is 1. The van der Waals surface area contributed by atoms with Crippen LogP contribution in [-0.2, 0) is 0 Å². The van der Waals surface area contributed by atoms with E-state index in [1.165, 1.54) is 0 Å². The minimum Gasteiger partial charge on any atom is -0.508 e. The van der Waals surface area contributed by atoms with E-state index in [0.29, 0.717) is 5.76 Å². The van der Waals surface area contributed by atoms with Crippen molar-refractivity contribution in [1.29, 1.82) is 0 Å². The van der Waals surface area contributed by atoms with Crippen molar-refractivity contribution in [3.8, 4) is 0 Å². The van der Waals surface area contributed by atoms with E-state index in [0.717, 1.165) is 6.42 Å². The van der Waals surface area contributed by atoms with Crippen LogP contribution in [0.5, 0.6) is 0 Å². The highest BCUT2D eigenvalue weighted by Crippen LogP contribution is 2.26. The van der Waals surface area contributed by atoms with Gasteiger partial charge in [0.15, 0.2) is 0 Å². The molecular weight excluding hydrogens is 112 g/mol. The fraction of sp³-hybridized carbons (Fsp3) is 0.375. The van der Waals surface area contributed by atoms with E-state index in [4.69, 9.17) is 5.11 Å². The molecule has 1 N–H and O–H groups in total. The molecule has 1 heteroatoms. The van der Waals surface area contributed by atoms with E-state index < -0.39 is 0 Å². The fourth-order valence-electron chi connectivity index (χ4n) is 0.760. The predicted molar refractivity (Wildman–Crippen MR) is 37.9 cm³/mol. The Labute approximate surface area is 55.7 Å². The van der Waals surface area contributed by atoms with Crippen LogP contribution in [0.15, 0.2) is 24.0 Å². The minimum atomic E-state index is -0.00771. The average Bonchev–Trinajstić information content (AvgIpc) is 1.78. The number of allylic oxidation sites excluding steroid dienone is 3. The van der Waals surface area contributed by atoms with E-state index in [2.05, 4.69) is 6.92 Å². The molecule has 0 spiro atoms. The zero-order valence-electron chi connectivity index (χ0n) is 5.59. The van der Waals surface area contributed by atoms with Crippen LogP contribution in [0.4, 0.5) is 0 Å². The third-order valence-corrected chi connectivity index (χ3v) is 1.43. The van der Waals surface area contributed by atoms with Gasteiger partial charge in [-0.25, -0.2) is 0 Å². The highest BCUT2D eigenvalue weighted by atomic mass is 16.3. The second kappa shape index (κ2) is 1.90. The van der Waals surface area contributed by atoms with Crippen molar-refractivity contribution in [3.63, 3.8) is 0 Å². The summed E-state index contributed by atoms with van der Waals surface area (Å²) in [4.78, 5) is 0. The molecule has 0 aromatic carbocycles. The summed E-state index contributed by atoms with van der Waals surface area (Å²) in [5, 5.41) is 8.89. The molecule has 0 aromatic heterocycles. The monoisotopic (exact) mass is 123 g/mol. The van der Waals surface area contributed by atoms with Crippen molar-refractivity contribution in [2.24, 2.45) is 5.41 Å². The molecule has 0 saturated heterocycles. The van der Waals surface area contributed by atoms with Crippen LogP contribution < -0.4 is 0 Å². The summed E-state index contributed by atoms with van der Waals surface area (Å²) in [7, 11) is 0. The Morgan fingerprint density at radius 2 is 2.44 bits per heavy atom. The molecule has 1 aliphatic carbocycles. The van der Waals surface area contributed by atoms with Crippen LogP contribution >= 0.6 is 0 Å². The first-order chi connectivity index (χ1) is 4.10. The first-order valence-electron chi connectivity index (χ1n) is 3.04. The maximum absolute atomic E-state index is 8.89. The van der Waals surface area contributed by atoms with Crippen LogP contribution in [-0.4, -0.2) is 5.11 Å². The molecule has 9 heavy (non-hydrogen) atoms. The maximum Gasteiger partial charge on any atom is 0.111 e. The number of rotatable bonds is 0. The number of hydrogen-bond acceptors (Lipinski definition) is 1. The van der Waals surface area contributed by atoms with Gasteiger partial charge in [0, 0.05) is 0 Å². The Balaban J connectivity index is 2.70. The van der Waals surface area contributed by atoms with Crippen molar-refractivity contribution in [1.82, 2.24) is 0 Å². The molecule has 49 valence electrons. The normalized spacial score (nSPS) is 23.6. The van der Waals surface area contributed by atoms with Crippen molar-refractivity contribution >= 4 is 0 Å². The molecule has 1 atom stereocenters. The van der Waals surface area contributed by atoms with Crippen molar-refractivity contribution in [2.75, 3.05) is 0 Å². The minimum absolute atomic E-state index is 0.00771. The van der Waals surface area contributed by atoms with Crippen molar-refractivity contribution in [2.45, 2.75) is 13.3 Å². The lowest BCUT2D eigenvalue weighted by atomic mass is 9.86. The van der Waals surface area contributed by atoms with Gasteiger partial charge in [0.05, 0.1) is 0 Å². The molecule has 0 aromatic rings. The lowest BCUT2D eigenvalue weighted by molar-refractivity contribution is 0.411. The van der Waals surface area contributed by atoms with E-state index in [-0.39, 0.29) is 5.41 Å². The second-order valence-electron chi connectivity index (χ2n) is 2.82. The Morgan fingerprint density at radius 3 is 2.78 bits per heavy atom. The van der Waals surface area contributed by atoms with Gasteiger partial charge >= 0.3 is 0 Å². The van der Waals surface area contributed by atoms with Gasteiger partial charge in [0.1, 0.15) is 5.76 Å². The van der Waals surface area contributed by atoms with Gasteiger partial charge in [-0.2, -0.15) is 0 Å². The molecule has 0 amide bonds. The van der Waals surface area contributed by atoms with Gasteiger partial charge in [-0.1, -0.05) is 13.0 Å². The second-order valence-corrected chi connectivity index (χ2v) is 2.82. The van der Waals surface area contributed by atoms with E-state index in [1.807, 2.05) is 13.0 Å². The van der Waals surface area contributed by atoms with Gasteiger partial charge in [-0.3, -0.25) is 0 Å². The topological polar surface area (TPSA) is 20.2 Å². The van der Waals surface area contributed by atoms with E-state index in [9.17, 15) is 0 Å². The molecule has 1 rings (SSSR count). The highest BCUT2D eigenvalue weighted by Gasteiger charge is 2.15. The Morgan fingerprint density at radius 1 is 1.78 bits per heavy atom. The van der Waals surface area contributed by atoms with Gasteiger partial charge < -0.3 is 5.11 Å². The Hall–Kier alpha value is -0.720. The SMILES string of the molecule is [CH2]C1(C)C=CC(O)=CC1. The summed E-state index contributed by atoms with van der Waals surface area (Å²) in [6.45, 7) is 5.96. The third-order valence-electron chi connectivity index (χ3n) is 1.43. The number of hydrogen-bond donors (Lipinski definition) is 1. The molecule has 0 saturated carbocycles. The first kappa shape index (κ1) is 6.40. The third kappa shape index (κ3) is 1.60. The summed E-state index contributed by atoms with van der Waals surface area (Å²) < 4.78 is 0. The molecule has 1 unspecified atom stereocenters. The molecule has 1 aliphatic rings. The summed E-state index contributed by atoms with van der Waals surface area (Å²) in [6, 6.07) is 0. The van der Waals surface area contributed by atoms with Gasteiger partial charge in [-0.05, 0) is 30.9 Å². The summed E-state index contributed by atoms with van der Waals surface area (Å²) >= 11 is 0. The maximum atomic E-state index is 8.89. The van der Waals surface area contributed by atoms with Crippen molar-refractivity contribution in [3.05, 3.63) is 30.9 Å². The summed E-state index contributed by atoms with van der Waals surface area (Å²) in [5.41, 5.74) is -0.00771. The largest absolute Gasteiger partial charge is 0.508 e. The molecule has 0 fully saturated rings. The van der Waals surface area contributed by atoms with Gasteiger partial charge in [0.2, 0.25) is 0 Å². The zero-order chi connectivity index (χ0) is 6.91. The fourth-order valence-corrected chi connectivity index (χ4v) is 0.760. The number of aliphatic hydroxyl groups excluding tert-OH is 1. The molecule has 0 bridgehead atoms. The van der Waals surface area contributed by atoms with Crippen LogP contribution in [0, 0.1) is 12.3 Å². The molecule has 0 aliphatic heterocycles. The zero-order valence-corrected chi connectivity index (χ0v) is 5.59. The van der Waals surface area contributed by atoms with Crippen LogP contribution in [0.3, 0.4) is 0 Å². The van der Waals surface area contributed by atoms with Gasteiger partial charge in [0.25, 0.3) is 0 Å². The molecule has 1 nitrogen and oxygen atoms in total. The molecule has 0 heterocycles. The van der Waals surface area contributed by atoms with E-state index >= 15 is 0 Å². The Bertz CT molecular complexity index is 163. The average molecular weight is 123 g/mol. The van der Waals surface area contributed by atoms with E-state index in [1.54, 1.807) is 12.2 Å². The first-order valence-corrected chi connectivity index (χ1v) is 3.04. The van der Waals surface area contributed by atoms with Gasteiger partial charge in [-0.15, -0.1) is 0 Å². The molecular formula is C8H11O. The predicted octanol–water partition coefficient (Wildman–Crippen LogP) is 2.23.